The molecule has 0 radical (unpaired) electrons. The lowest BCUT2D eigenvalue weighted by Gasteiger charge is -2.11. The van der Waals surface area contributed by atoms with Crippen LogP contribution < -0.4 is 5.32 Å². The van der Waals surface area contributed by atoms with Crippen molar-refractivity contribution in [1.82, 2.24) is 10.2 Å². The second-order valence-electron chi connectivity index (χ2n) is 3.87. The molecule has 2 atom stereocenters. The van der Waals surface area contributed by atoms with Crippen LogP contribution in [0.15, 0.2) is 18.3 Å². The van der Waals surface area contributed by atoms with E-state index in [1.807, 2.05) is 12.1 Å². The summed E-state index contributed by atoms with van der Waals surface area (Å²) < 4.78 is 0. The van der Waals surface area contributed by atoms with E-state index in [9.17, 15) is 0 Å². The van der Waals surface area contributed by atoms with Gasteiger partial charge in [0.2, 0.25) is 0 Å². The maximum absolute atomic E-state index is 4.01. The van der Waals surface area contributed by atoms with Crippen LogP contribution in [0.25, 0.3) is 0 Å². The molecule has 3 nitrogen and oxygen atoms in total. The van der Waals surface area contributed by atoms with Crippen LogP contribution in [0.3, 0.4) is 0 Å². The van der Waals surface area contributed by atoms with Crippen LogP contribution in [0.1, 0.15) is 26.2 Å². The van der Waals surface area contributed by atoms with Crippen molar-refractivity contribution in [1.29, 1.82) is 0 Å². The lowest BCUT2D eigenvalue weighted by molar-refractivity contribution is 0.602. The molecule has 1 heterocycles. The van der Waals surface area contributed by atoms with Gasteiger partial charge in [-0.2, -0.15) is 5.10 Å². The number of nitrogens with one attached hydrogen (secondary N) is 1. The summed E-state index contributed by atoms with van der Waals surface area (Å²) in [6.07, 6.45) is 5.55. The summed E-state index contributed by atoms with van der Waals surface area (Å²) in [4.78, 5) is 0. The predicted octanol–water partition coefficient (Wildman–Crippen LogP) is 2.08. The Kier molecular flexibility index (Phi) is 2.43. The molecule has 2 rings (SSSR count). The Balaban J connectivity index is 1.92. The second kappa shape index (κ2) is 3.73. The molecule has 0 amide bonds. The summed E-state index contributed by atoms with van der Waals surface area (Å²) in [5.74, 6) is 1.76. The Morgan fingerprint density at radius 3 is 3.00 bits per heavy atom. The summed E-state index contributed by atoms with van der Waals surface area (Å²) in [7, 11) is 0. The summed E-state index contributed by atoms with van der Waals surface area (Å²) in [6.45, 7) is 2.30. The number of nitrogens with zero attached hydrogens (tertiary/aromatic N) is 2. The molecule has 1 saturated carbocycles. The first-order valence-electron chi connectivity index (χ1n) is 4.89. The molecule has 1 aromatic heterocycles. The molecule has 3 heteroatoms. The van der Waals surface area contributed by atoms with Crippen LogP contribution in [0.2, 0.25) is 0 Å². The van der Waals surface area contributed by atoms with E-state index >= 15 is 0 Å². The Labute approximate surface area is 78.6 Å². The molecule has 1 aliphatic carbocycles. The van der Waals surface area contributed by atoms with Crippen molar-refractivity contribution < 1.29 is 0 Å². The van der Waals surface area contributed by atoms with Gasteiger partial charge >= 0.3 is 0 Å². The number of hydrogen-bond acceptors (Lipinski definition) is 3. The van der Waals surface area contributed by atoms with Crippen molar-refractivity contribution in [2.45, 2.75) is 32.2 Å². The second-order valence-corrected chi connectivity index (χ2v) is 3.87. The number of rotatable bonds is 2. The molecule has 0 aromatic carbocycles. The van der Waals surface area contributed by atoms with Gasteiger partial charge in [-0.1, -0.05) is 6.92 Å². The smallest absolute Gasteiger partial charge is 0.148 e. The molecule has 0 bridgehead atoms. The van der Waals surface area contributed by atoms with Gasteiger partial charge in [0.1, 0.15) is 5.82 Å². The average Bonchev–Trinajstić information content (AvgIpc) is 2.53. The van der Waals surface area contributed by atoms with Gasteiger partial charge in [-0.05, 0) is 37.3 Å². The summed E-state index contributed by atoms with van der Waals surface area (Å²) in [6, 6.07) is 4.48. The van der Waals surface area contributed by atoms with E-state index in [-0.39, 0.29) is 0 Å². The Hall–Kier alpha value is -1.12. The molecular formula is C10H15N3. The fraction of sp³-hybridized carbons (Fsp3) is 0.600. The zero-order chi connectivity index (χ0) is 9.10. The third-order valence-electron chi connectivity index (χ3n) is 2.62. The highest BCUT2D eigenvalue weighted by Crippen LogP contribution is 2.26. The lowest BCUT2D eigenvalue weighted by Crippen LogP contribution is -2.16. The van der Waals surface area contributed by atoms with Crippen LogP contribution in [-0.2, 0) is 0 Å². The Morgan fingerprint density at radius 2 is 2.38 bits per heavy atom. The van der Waals surface area contributed by atoms with Crippen LogP contribution in [0.4, 0.5) is 5.82 Å². The van der Waals surface area contributed by atoms with Crippen LogP contribution in [0, 0.1) is 5.92 Å². The summed E-state index contributed by atoms with van der Waals surface area (Å²) >= 11 is 0. The highest BCUT2D eigenvalue weighted by molar-refractivity contribution is 5.33. The minimum atomic E-state index is 0.603. The van der Waals surface area contributed by atoms with Gasteiger partial charge in [0.05, 0.1) is 0 Å². The summed E-state index contributed by atoms with van der Waals surface area (Å²) in [5.41, 5.74) is 0. The van der Waals surface area contributed by atoms with E-state index in [4.69, 9.17) is 0 Å². The van der Waals surface area contributed by atoms with E-state index in [0.29, 0.717) is 6.04 Å². The number of aromatic nitrogens is 2. The maximum Gasteiger partial charge on any atom is 0.148 e. The Bertz CT molecular complexity index is 260. The highest BCUT2D eigenvalue weighted by Gasteiger charge is 2.20. The van der Waals surface area contributed by atoms with Crippen LogP contribution in [0.5, 0.6) is 0 Å². The number of hydrogen-bond donors (Lipinski definition) is 1. The maximum atomic E-state index is 4.01. The van der Waals surface area contributed by atoms with Crippen molar-refractivity contribution in [3.63, 3.8) is 0 Å². The molecule has 1 N–H and O–H groups in total. The van der Waals surface area contributed by atoms with Crippen molar-refractivity contribution in [3.05, 3.63) is 18.3 Å². The minimum Gasteiger partial charge on any atom is -0.366 e. The molecule has 13 heavy (non-hydrogen) atoms. The van der Waals surface area contributed by atoms with Gasteiger partial charge in [-0.25, -0.2) is 0 Å². The first kappa shape index (κ1) is 8.48. The fourth-order valence-corrected chi connectivity index (χ4v) is 1.93. The molecule has 0 saturated heterocycles. The quantitative estimate of drug-likeness (QED) is 0.751. The fourth-order valence-electron chi connectivity index (χ4n) is 1.93. The van der Waals surface area contributed by atoms with Crippen LogP contribution >= 0.6 is 0 Å². The monoisotopic (exact) mass is 177 g/mol. The van der Waals surface area contributed by atoms with Gasteiger partial charge in [0.25, 0.3) is 0 Å². The normalized spacial score (nSPS) is 27.5. The standard InChI is InChI=1S/C10H15N3/c1-8-4-5-9(7-8)12-10-3-2-6-11-13-10/h2-3,6,8-9H,4-5,7H2,1H3,(H,12,13). The molecular weight excluding hydrogens is 162 g/mol. The third-order valence-corrected chi connectivity index (χ3v) is 2.62. The van der Waals surface area contributed by atoms with E-state index < -0.39 is 0 Å². The number of anilines is 1. The molecule has 0 aliphatic heterocycles. The van der Waals surface area contributed by atoms with Crippen LogP contribution in [-0.4, -0.2) is 16.2 Å². The van der Waals surface area contributed by atoms with E-state index in [1.165, 1.54) is 19.3 Å². The van der Waals surface area contributed by atoms with Gasteiger partial charge in [0.15, 0.2) is 0 Å². The predicted molar refractivity (Wildman–Crippen MR) is 52.5 cm³/mol. The van der Waals surface area contributed by atoms with E-state index in [0.717, 1.165) is 11.7 Å². The third kappa shape index (κ3) is 2.17. The molecule has 1 aliphatic rings. The average molecular weight is 177 g/mol. The topological polar surface area (TPSA) is 37.8 Å². The van der Waals surface area contributed by atoms with E-state index in [1.54, 1.807) is 6.20 Å². The minimum absolute atomic E-state index is 0.603. The van der Waals surface area contributed by atoms with Crippen molar-refractivity contribution in [2.75, 3.05) is 5.32 Å². The highest BCUT2D eigenvalue weighted by atomic mass is 15.2. The van der Waals surface area contributed by atoms with Crippen molar-refractivity contribution in [2.24, 2.45) is 5.92 Å². The zero-order valence-electron chi connectivity index (χ0n) is 7.90. The van der Waals surface area contributed by atoms with Gasteiger partial charge in [-0.3, -0.25) is 0 Å². The first-order chi connectivity index (χ1) is 6.34. The van der Waals surface area contributed by atoms with Crippen molar-refractivity contribution >= 4 is 5.82 Å². The molecule has 70 valence electrons. The molecule has 1 aromatic rings. The van der Waals surface area contributed by atoms with E-state index in [2.05, 4.69) is 22.4 Å². The first-order valence-corrected chi connectivity index (χ1v) is 4.89. The molecule has 2 unspecified atom stereocenters. The van der Waals surface area contributed by atoms with Gasteiger partial charge in [0, 0.05) is 12.2 Å². The lowest BCUT2D eigenvalue weighted by atomic mass is 10.1. The summed E-state index contributed by atoms with van der Waals surface area (Å²) in [5, 5.41) is 11.2. The largest absolute Gasteiger partial charge is 0.366 e. The molecule has 1 fully saturated rings. The zero-order valence-corrected chi connectivity index (χ0v) is 7.90. The van der Waals surface area contributed by atoms with Crippen molar-refractivity contribution in [3.8, 4) is 0 Å². The Morgan fingerprint density at radius 1 is 1.46 bits per heavy atom. The molecule has 0 spiro atoms. The van der Waals surface area contributed by atoms with Gasteiger partial charge < -0.3 is 5.32 Å². The van der Waals surface area contributed by atoms with Gasteiger partial charge in [-0.15, -0.1) is 5.10 Å². The SMILES string of the molecule is CC1CCC(Nc2cccnn2)C1.